The smallest absolute Gasteiger partial charge is 0.352 e. The van der Waals surface area contributed by atoms with Gasteiger partial charge in [0, 0.05) is 12.8 Å². The summed E-state index contributed by atoms with van der Waals surface area (Å²) in [5, 5.41) is 2.19. The average Bonchev–Trinajstić information content (AvgIpc) is 2.70. The lowest BCUT2D eigenvalue weighted by molar-refractivity contribution is -0.138. The normalized spacial score (nSPS) is 13.5. The van der Waals surface area contributed by atoms with Crippen molar-refractivity contribution in [2.75, 3.05) is 12.8 Å². The zero-order valence-electron chi connectivity index (χ0n) is 18.9. The molecule has 0 aromatic heterocycles. The van der Waals surface area contributed by atoms with E-state index in [1.165, 1.54) is 0 Å². The van der Waals surface area contributed by atoms with E-state index in [0.717, 1.165) is 13.8 Å². The molecule has 0 spiro atoms. The van der Waals surface area contributed by atoms with Gasteiger partial charge in [0.25, 0.3) is 5.91 Å². The lowest BCUT2D eigenvalue weighted by atomic mass is 10.1. The summed E-state index contributed by atoms with van der Waals surface area (Å²) < 4.78 is 139. The molecule has 0 radical (unpaired) electrons. The molecule has 1 amide bonds. The van der Waals surface area contributed by atoms with E-state index in [-0.39, 0.29) is 12.1 Å². The number of carbonyl (C=O) groups is 1. The number of benzene rings is 2. The van der Waals surface area contributed by atoms with Crippen LogP contribution >= 0.6 is 0 Å². The van der Waals surface area contributed by atoms with E-state index in [4.69, 9.17) is 0 Å². The molecule has 0 atom stereocenters. The van der Waals surface area contributed by atoms with Crippen LogP contribution in [0.15, 0.2) is 46.2 Å². The minimum absolute atomic E-state index is 0.135. The zero-order chi connectivity index (χ0) is 27.9. The Morgan fingerprint density at radius 1 is 0.861 bits per heavy atom. The third-order valence-electron chi connectivity index (χ3n) is 5.20. The highest BCUT2D eigenvalue weighted by atomic mass is 32.2. The molecule has 1 N–H and O–H groups in total. The van der Waals surface area contributed by atoms with Gasteiger partial charge < -0.3 is 5.32 Å². The summed E-state index contributed by atoms with van der Waals surface area (Å²) >= 11 is 0. The number of carbonyl (C=O) groups excluding carboxylic acids is 1. The number of halogens is 7. The Labute approximate surface area is 202 Å². The molecule has 6 nitrogen and oxygen atoms in total. The Balaban J connectivity index is 2.28. The molecular weight excluding hydrogens is 543 g/mol. The monoisotopic (exact) mass is 563 g/mol. The number of nitrogens with one attached hydrogen (secondary N) is 1. The first kappa shape index (κ1) is 29.5. The van der Waals surface area contributed by atoms with Crippen LogP contribution in [-0.4, -0.2) is 40.3 Å². The van der Waals surface area contributed by atoms with Crippen molar-refractivity contribution in [1.82, 2.24) is 5.32 Å². The van der Waals surface area contributed by atoms with Crippen molar-refractivity contribution in [3.8, 4) is 0 Å². The van der Waals surface area contributed by atoms with E-state index in [9.17, 15) is 52.4 Å². The first-order valence-electron chi connectivity index (χ1n) is 9.89. The van der Waals surface area contributed by atoms with Gasteiger partial charge in [0.15, 0.2) is 19.7 Å². The van der Waals surface area contributed by atoms with E-state index >= 15 is 0 Å². The average molecular weight is 564 g/mol. The van der Waals surface area contributed by atoms with E-state index < -0.39 is 87.9 Å². The summed E-state index contributed by atoms with van der Waals surface area (Å²) in [6.07, 6.45) is -9.71. The van der Waals surface area contributed by atoms with Crippen LogP contribution < -0.4 is 5.32 Å². The van der Waals surface area contributed by atoms with E-state index in [1.54, 1.807) is 0 Å². The number of alkyl halides is 6. The molecule has 0 aliphatic heterocycles. The van der Waals surface area contributed by atoms with Crippen LogP contribution in [0.5, 0.6) is 0 Å². The van der Waals surface area contributed by atoms with Gasteiger partial charge in [0.05, 0.1) is 31.2 Å². The molecule has 0 heterocycles. The number of amides is 1. The summed E-state index contributed by atoms with van der Waals surface area (Å²) in [7, 11) is -8.85. The summed E-state index contributed by atoms with van der Waals surface area (Å²) in [5.74, 6) is -2.55. The highest BCUT2D eigenvalue weighted by molar-refractivity contribution is 7.92. The van der Waals surface area contributed by atoms with Crippen LogP contribution in [0.3, 0.4) is 0 Å². The maximum atomic E-state index is 13.7. The number of rotatable bonds is 7. The van der Waals surface area contributed by atoms with Crippen LogP contribution in [0.2, 0.25) is 0 Å². The SMILES string of the molecule is CC(C)(CCNC(=O)c1ccc(C(F)(F)F)cc1S(C)(=O)=O)S(=O)(=O)c1cc(F)cc(C(F)(F)F)c1. The van der Waals surface area contributed by atoms with Gasteiger partial charge >= 0.3 is 12.4 Å². The fraction of sp³-hybridized carbons (Fsp3) is 0.381. The summed E-state index contributed by atoms with van der Waals surface area (Å²) in [5.41, 5.74) is -3.44. The fourth-order valence-corrected chi connectivity index (χ4v) is 5.56. The second kappa shape index (κ2) is 9.65. The quantitative estimate of drug-likeness (QED) is 0.496. The van der Waals surface area contributed by atoms with Crippen molar-refractivity contribution < 1.29 is 52.4 Å². The highest BCUT2D eigenvalue weighted by Crippen LogP contribution is 2.35. The fourth-order valence-electron chi connectivity index (χ4n) is 3.10. The van der Waals surface area contributed by atoms with Crippen molar-refractivity contribution in [2.45, 2.75) is 47.2 Å². The Hall–Kier alpha value is -2.68. The molecule has 36 heavy (non-hydrogen) atoms. The predicted molar refractivity (Wildman–Crippen MR) is 114 cm³/mol. The number of sulfone groups is 2. The van der Waals surface area contributed by atoms with Gasteiger partial charge in [0.2, 0.25) is 0 Å². The molecule has 2 aromatic carbocycles. The Bertz CT molecular complexity index is 1380. The van der Waals surface area contributed by atoms with Crippen molar-refractivity contribution in [2.24, 2.45) is 0 Å². The minimum Gasteiger partial charge on any atom is -0.352 e. The molecule has 0 aliphatic rings. The Kier molecular flexibility index (Phi) is 7.92. The lowest BCUT2D eigenvalue weighted by Gasteiger charge is -2.25. The van der Waals surface area contributed by atoms with Crippen LogP contribution in [0.25, 0.3) is 0 Å². The van der Waals surface area contributed by atoms with E-state index in [0.29, 0.717) is 30.5 Å². The zero-order valence-corrected chi connectivity index (χ0v) is 20.5. The molecular formula is C21H20F7NO5S2. The maximum Gasteiger partial charge on any atom is 0.416 e. The van der Waals surface area contributed by atoms with E-state index in [1.807, 2.05) is 0 Å². The standard InChI is InChI=1S/C21H20F7NO5S2/c1-19(2,36(33,34)15-9-13(21(26,27)28)8-14(22)11-15)6-7-29-18(30)16-5-4-12(20(23,24)25)10-17(16)35(3,31)32/h4-5,8-11H,6-7H2,1-3H3,(H,29,30). The molecule has 0 bridgehead atoms. The number of hydrogen-bond donors (Lipinski definition) is 1. The molecule has 0 saturated carbocycles. The van der Waals surface area contributed by atoms with Crippen molar-refractivity contribution in [3.05, 3.63) is 58.9 Å². The third kappa shape index (κ3) is 6.55. The van der Waals surface area contributed by atoms with Crippen LogP contribution in [0.4, 0.5) is 30.7 Å². The number of hydrogen-bond acceptors (Lipinski definition) is 5. The second-order valence-corrected chi connectivity index (χ2v) is 13.0. The van der Waals surface area contributed by atoms with Crippen LogP contribution in [0.1, 0.15) is 41.8 Å². The highest BCUT2D eigenvalue weighted by Gasteiger charge is 2.39. The van der Waals surface area contributed by atoms with Crippen molar-refractivity contribution in [1.29, 1.82) is 0 Å². The van der Waals surface area contributed by atoms with Gasteiger partial charge in [-0.15, -0.1) is 0 Å². The lowest BCUT2D eigenvalue weighted by Crippen LogP contribution is -2.37. The summed E-state index contributed by atoms with van der Waals surface area (Å²) in [6.45, 7) is 1.77. The second-order valence-electron chi connectivity index (χ2n) is 8.42. The first-order chi connectivity index (χ1) is 16.1. The first-order valence-corrected chi connectivity index (χ1v) is 13.3. The molecule has 0 aliphatic carbocycles. The molecule has 2 aromatic rings. The Morgan fingerprint density at radius 2 is 1.42 bits per heavy atom. The van der Waals surface area contributed by atoms with Crippen molar-refractivity contribution >= 4 is 25.6 Å². The van der Waals surface area contributed by atoms with Gasteiger partial charge in [-0.25, -0.2) is 21.2 Å². The van der Waals surface area contributed by atoms with Gasteiger partial charge in [-0.2, -0.15) is 26.3 Å². The minimum atomic E-state index is -5.01. The summed E-state index contributed by atoms with van der Waals surface area (Å²) in [4.78, 5) is 10.7. The molecule has 0 saturated heterocycles. The van der Waals surface area contributed by atoms with Gasteiger partial charge in [-0.1, -0.05) is 0 Å². The maximum absolute atomic E-state index is 13.7. The van der Waals surface area contributed by atoms with Gasteiger partial charge in [-0.05, 0) is 56.7 Å². The molecule has 15 heteroatoms. The largest absolute Gasteiger partial charge is 0.416 e. The van der Waals surface area contributed by atoms with Gasteiger partial charge in [0.1, 0.15) is 5.82 Å². The van der Waals surface area contributed by atoms with E-state index in [2.05, 4.69) is 5.32 Å². The van der Waals surface area contributed by atoms with Crippen molar-refractivity contribution in [3.63, 3.8) is 0 Å². The third-order valence-corrected chi connectivity index (χ3v) is 8.85. The molecule has 0 fully saturated rings. The molecule has 200 valence electrons. The Morgan fingerprint density at radius 3 is 1.92 bits per heavy atom. The molecule has 2 rings (SSSR count). The summed E-state index contributed by atoms with van der Waals surface area (Å²) in [6, 6.07) is 2.28. The topological polar surface area (TPSA) is 97.4 Å². The molecule has 0 unspecified atom stereocenters. The van der Waals surface area contributed by atoms with Gasteiger partial charge in [-0.3, -0.25) is 4.79 Å². The van der Waals surface area contributed by atoms with Crippen LogP contribution in [-0.2, 0) is 32.0 Å². The van der Waals surface area contributed by atoms with Crippen LogP contribution in [0, 0.1) is 5.82 Å². The predicted octanol–water partition coefficient (Wildman–Crippen LogP) is 4.64.